The molecule has 0 aromatic rings. The number of aliphatic hydroxyl groups is 1. The van der Waals surface area contributed by atoms with Gasteiger partial charge in [0.2, 0.25) is 5.91 Å². The molecule has 0 aromatic carbocycles. The fourth-order valence-corrected chi connectivity index (χ4v) is 2.72. The molecule has 2 N–H and O–H groups in total. The molecule has 1 saturated heterocycles. The topological polar surface area (TPSA) is 61.8 Å². The number of hydrogen-bond donors (Lipinski definition) is 2. The maximum absolute atomic E-state index is 12.8. The van der Waals surface area contributed by atoms with Crippen molar-refractivity contribution < 1.29 is 14.6 Å². The number of carbonyl (C=O) groups excluding carboxylic acids is 1. The van der Waals surface area contributed by atoms with E-state index in [2.05, 4.69) is 12.2 Å². The first kappa shape index (κ1) is 16.4. The van der Waals surface area contributed by atoms with E-state index in [-0.39, 0.29) is 12.5 Å². The number of aliphatic hydroxyl groups excluding tert-OH is 1. The van der Waals surface area contributed by atoms with Gasteiger partial charge in [0.05, 0.1) is 18.6 Å². The van der Waals surface area contributed by atoms with Crippen LogP contribution in [0.3, 0.4) is 0 Å². The Kier molecular flexibility index (Phi) is 7.34. The number of rotatable bonds is 8. The van der Waals surface area contributed by atoms with Crippen molar-refractivity contribution in [1.29, 1.82) is 0 Å². The first-order valence-corrected chi connectivity index (χ1v) is 7.30. The van der Waals surface area contributed by atoms with Crippen LogP contribution in [-0.2, 0) is 9.53 Å². The minimum absolute atomic E-state index is 0.0246. The molecular formula is C14H28N2O3. The molecule has 5 heteroatoms. The predicted molar refractivity (Wildman–Crippen MR) is 75.0 cm³/mol. The van der Waals surface area contributed by atoms with Gasteiger partial charge in [-0.3, -0.25) is 4.79 Å². The molecule has 1 heterocycles. The predicted octanol–water partition coefficient (Wildman–Crippen LogP) is 0.624. The number of piperidine rings is 1. The van der Waals surface area contributed by atoms with Crippen molar-refractivity contribution in [3.05, 3.63) is 0 Å². The molecule has 19 heavy (non-hydrogen) atoms. The molecule has 0 aliphatic carbocycles. The molecule has 1 amide bonds. The SMILES string of the molecule is CCCCN(CCO)C(=O)C1(COC)CCNCC1. The number of nitrogens with one attached hydrogen (secondary N) is 1. The molecule has 0 saturated carbocycles. The Morgan fingerprint density at radius 3 is 2.58 bits per heavy atom. The Morgan fingerprint density at radius 2 is 2.05 bits per heavy atom. The van der Waals surface area contributed by atoms with Gasteiger partial charge in [0.25, 0.3) is 0 Å². The summed E-state index contributed by atoms with van der Waals surface area (Å²) in [7, 11) is 1.65. The van der Waals surface area contributed by atoms with Gasteiger partial charge < -0.3 is 20.1 Å². The Labute approximate surface area is 116 Å². The number of ether oxygens (including phenoxy) is 1. The highest BCUT2D eigenvalue weighted by Gasteiger charge is 2.41. The highest BCUT2D eigenvalue weighted by Crippen LogP contribution is 2.31. The van der Waals surface area contributed by atoms with Gasteiger partial charge >= 0.3 is 0 Å². The lowest BCUT2D eigenvalue weighted by Crippen LogP contribution is -2.52. The summed E-state index contributed by atoms with van der Waals surface area (Å²) < 4.78 is 5.30. The number of amides is 1. The summed E-state index contributed by atoms with van der Waals surface area (Å²) in [6, 6.07) is 0. The van der Waals surface area contributed by atoms with E-state index in [0.717, 1.165) is 45.3 Å². The van der Waals surface area contributed by atoms with Crippen LogP contribution >= 0.6 is 0 Å². The van der Waals surface area contributed by atoms with Crippen molar-refractivity contribution in [1.82, 2.24) is 10.2 Å². The van der Waals surface area contributed by atoms with Gasteiger partial charge in [-0.05, 0) is 32.4 Å². The van der Waals surface area contributed by atoms with Crippen molar-refractivity contribution in [2.24, 2.45) is 5.41 Å². The molecule has 112 valence electrons. The molecule has 0 unspecified atom stereocenters. The summed E-state index contributed by atoms with van der Waals surface area (Å²) in [5.41, 5.74) is -0.400. The number of methoxy groups -OCH3 is 1. The van der Waals surface area contributed by atoms with Gasteiger partial charge in [0, 0.05) is 20.2 Å². The van der Waals surface area contributed by atoms with Crippen molar-refractivity contribution in [2.75, 3.05) is 46.5 Å². The molecule has 0 atom stereocenters. The normalized spacial score (nSPS) is 18.3. The first-order chi connectivity index (χ1) is 9.20. The van der Waals surface area contributed by atoms with E-state index in [1.807, 2.05) is 4.90 Å². The number of carbonyl (C=O) groups is 1. The number of unbranched alkanes of at least 4 members (excludes halogenated alkanes) is 1. The summed E-state index contributed by atoms with van der Waals surface area (Å²) >= 11 is 0. The maximum atomic E-state index is 12.8. The third-order valence-electron chi connectivity index (χ3n) is 3.87. The monoisotopic (exact) mass is 272 g/mol. The van der Waals surface area contributed by atoms with Crippen LogP contribution in [0.2, 0.25) is 0 Å². The van der Waals surface area contributed by atoms with Gasteiger partial charge in [-0.2, -0.15) is 0 Å². The molecular weight excluding hydrogens is 244 g/mol. The quantitative estimate of drug-likeness (QED) is 0.680. The zero-order chi connectivity index (χ0) is 14.1. The van der Waals surface area contributed by atoms with Gasteiger partial charge in [0.1, 0.15) is 0 Å². The Hall–Kier alpha value is -0.650. The standard InChI is InChI=1S/C14H28N2O3/c1-3-4-9-16(10-11-17)13(18)14(12-19-2)5-7-15-8-6-14/h15,17H,3-12H2,1-2H3. The largest absolute Gasteiger partial charge is 0.395 e. The molecule has 1 rings (SSSR count). The van der Waals surface area contributed by atoms with Crippen LogP contribution in [0.15, 0.2) is 0 Å². The molecule has 0 spiro atoms. The summed E-state index contributed by atoms with van der Waals surface area (Å²) in [4.78, 5) is 14.6. The smallest absolute Gasteiger partial charge is 0.231 e. The van der Waals surface area contributed by atoms with Crippen LogP contribution < -0.4 is 5.32 Å². The lowest BCUT2D eigenvalue weighted by molar-refractivity contribution is -0.148. The lowest BCUT2D eigenvalue weighted by atomic mass is 9.78. The van der Waals surface area contributed by atoms with E-state index in [4.69, 9.17) is 9.84 Å². The van der Waals surface area contributed by atoms with Crippen molar-refractivity contribution in [3.63, 3.8) is 0 Å². The third kappa shape index (κ3) is 4.44. The van der Waals surface area contributed by atoms with E-state index in [1.54, 1.807) is 7.11 Å². The van der Waals surface area contributed by atoms with Crippen LogP contribution in [0.5, 0.6) is 0 Å². The molecule has 1 aliphatic rings. The minimum Gasteiger partial charge on any atom is -0.395 e. The molecule has 1 fully saturated rings. The second kappa shape index (κ2) is 8.51. The molecule has 1 aliphatic heterocycles. The molecule has 0 bridgehead atoms. The van der Waals surface area contributed by atoms with Gasteiger partial charge in [-0.25, -0.2) is 0 Å². The van der Waals surface area contributed by atoms with E-state index < -0.39 is 5.41 Å². The van der Waals surface area contributed by atoms with E-state index in [0.29, 0.717) is 13.2 Å². The summed E-state index contributed by atoms with van der Waals surface area (Å²) in [5.74, 6) is 0.151. The summed E-state index contributed by atoms with van der Waals surface area (Å²) in [5, 5.41) is 12.5. The third-order valence-corrected chi connectivity index (χ3v) is 3.87. The highest BCUT2D eigenvalue weighted by atomic mass is 16.5. The molecule has 0 aromatic heterocycles. The van der Waals surface area contributed by atoms with Gasteiger partial charge in [-0.1, -0.05) is 13.3 Å². The Balaban J connectivity index is 2.76. The van der Waals surface area contributed by atoms with Crippen LogP contribution in [0.4, 0.5) is 0 Å². The van der Waals surface area contributed by atoms with Crippen LogP contribution in [0.1, 0.15) is 32.6 Å². The fraction of sp³-hybridized carbons (Fsp3) is 0.929. The summed E-state index contributed by atoms with van der Waals surface area (Å²) in [6.07, 6.45) is 3.66. The first-order valence-electron chi connectivity index (χ1n) is 7.30. The van der Waals surface area contributed by atoms with Crippen LogP contribution in [0.25, 0.3) is 0 Å². The maximum Gasteiger partial charge on any atom is 0.231 e. The van der Waals surface area contributed by atoms with Crippen molar-refractivity contribution in [2.45, 2.75) is 32.6 Å². The Bertz CT molecular complexity index is 260. The van der Waals surface area contributed by atoms with E-state index in [9.17, 15) is 4.79 Å². The average molecular weight is 272 g/mol. The van der Waals surface area contributed by atoms with Gasteiger partial charge in [-0.15, -0.1) is 0 Å². The second-order valence-electron chi connectivity index (χ2n) is 5.33. The number of nitrogens with zero attached hydrogens (tertiary/aromatic N) is 1. The van der Waals surface area contributed by atoms with Crippen molar-refractivity contribution >= 4 is 5.91 Å². The average Bonchev–Trinajstić information content (AvgIpc) is 2.44. The van der Waals surface area contributed by atoms with Gasteiger partial charge in [0.15, 0.2) is 0 Å². The zero-order valence-corrected chi connectivity index (χ0v) is 12.3. The van der Waals surface area contributed by atoms with E-state index in [1.165, 1.54) is 0 Å². The second-order valence-corrected chi connectivity index (χ2v) is 5.33. The summed E-state index contributed by atoms with van der Waals surface area (Å²) in [6.45, 7) is 5.48. The highest BCUT2D eigenvalue weighted by molar-refractivity contribution is 5.83. The number of hydrogen-bond acceptors (Lipinski definition) is 4. The fourth-order valence-electron chi connectivity index (χ4n) is 2.72. The lowest BCUT2D eigenvalue weighted by Gasteiger charge is -2.39. The minimum atomic E-state index is -0.400. The van der Waals surface area contributed by atoms with Crippen molar-refractivity contribution in [3.8, 4) is 0 Å². The van der Waals surface area contributed by atoms with Crippen LogP contribution in [0, 0.1) is 5.41 Å². The Morgan fingerprint density at radius 1 is 1.37 bits per heavy atom. The molecule has 5 nitrogen and oxygen atoms in total. The van der Waals surface area contributed by atoms with Crippen LogP contribution in [-0.4, -0.2) is 62.4 Å². The molecule has 0 radical (unpaired) electrons. The zero-order valence-electron chi connectivity index (χ0n) is 12.3. The van der Waals surface area contributed by atoms with E-state index >= 15 is 0 Å².